The van der Waals surface area contributed by atoms with Crippen molar-refractivity contribution in [3.05, 3.63) is 46.1 Å². The lowest BCUT2D eigenvalue weighted by Gasteiger charge is -2.10. The maximum absolute atomic E-state index is 6.15. The molecule has 0 radical (unpaired) electrons. The maximum Gasteiger partial charge on any atom is 0.226 e. The molecule has 0 spiro atoms. The average Bonchev–Trinajstić information content (AvgIpc) is 2.77. The normalized spacial score (nSPS) is 12.7. The highest BCUT2D eigenvalue weighted by Gasteiger charge is 2.17. The zero-order chi connectivity index (χ0) is 13.1. The van der Waals surface area contributed by atoms with Crippen LogP contribution in [-0.2, 0) is 6.42 Å². The van der Waals surface area contributed by atoms with E-state index in [0.717, 1.165) is 24.0 Å². The maximum atomic E-state index is 6.15. The minimum Gasteiger partial charge on any atom is -0.339 e. The predicted molar refractivity (Wildman–Crippen MR) is 70.5 cm³/mol. The molecule has 2 aromatic rings. The van der Waals surface area contributed by atoms with Crippen molar-refractivity contribution in [3.63, 3.8) is 0 Å². The van der Waals surface area contributed by atoms with Gasteiger partial charge in [0.25, 0.3) is 0 Å². The lowest BCUT2D eigenvalue weighted by atomic mass is 10.0. The number of aryl methyl sites for hydroxylation is 2. The van der Waals surface area contributed by atoms with Gasteiger partial charge in [-0.1, -0.05) is 29.7 Å². The highest BCUT2D eigenvalue weighted by Crippen LogP contribution is 2.23. The minimum atomic E-state index is -0.378. The van der Waals surface area contributed by atoms with Gasteiger partial charge < -0.3 is 10.3 Å². The number of halogens is 1. The van der Waals surface area contributed by atoms with Crippen molar-refractivity contribution in [1.29, 1.82) is 0 Å². The molecule has 0 aliphatic carbocycles. The van der Waals surface area contributed by atoms with Gasteiger partial charge in [-0.05, 0) is 36.6 Å². The number of benzene rings is 1. The first kappa shape index (κ1) is 13.1. The molecular weight excluding hydrogens is 250 g/mol. The smallest absolute Gasteiger partial charge is 0.226 e. The van der Waals surface area contributed by atoms with E-state index in [1.807, 2.05) is 25.1 Å². The second-order valence-electron chi connectivity index (χ2n) is 4.27. The molecule has 1 atom stereocenters. The molecule has 1 heterocycles. The van der Waals surface area contributed by atoms with E-state index in [1.165, 1.54) is 0 Å². The van der Waals surface area contributed by atoms with Crippen LogP contribution in [-0.4, -0.2) is 10.1 Å². The van der Waals surface area contributed by atoms with E-state index >= 15 is 0 Å². The van der Waals surface area contributed by atoms with E-state index in [-0.39, 0.29) is 6.04 Å². The largest absolute Gasteiger partial charge is 0.339 e. The third-order valence-electron chi connectivity index (χ3n) is 2.79. The molecule has 0 saturated heterocycles. The molecule has 2 rings (SSSR count). The molecule has 5 heteroatoms. The van der Waals surface area contributed by atoms with E-state index in [9.17, 15) is 0 Å². The standard InChI is InChI=1S/C13H16ClN3O/c1-3-4-11-16-13(17-18-11)12(15)10-6-5-9(14)7-8(10)2/h5-7,12H,3-4,15H2,1-2H3. The SMILES string of the molecule is CCCc1nc(C(N)c2ccc(Cl)cc2C)no1. The van der Waals surface area contributed by atoms with Gasteiger partial charge in [-0.25, -0.2) is 0 Å². The molecule has 0 fully saturated rings. The summed E-state index contributed by atoms with van der Waals surface area (Å²) in [5, 5.41) is 4.63. The van der Waals surface area contributed by atoms with Crippen molar-refractivity contribution in [2.24, 2.45) is 5.73 Å². The summed E-state index contributed by atoms with van der Waals surface area (Å²) in [4.78, 5) is 4.30. The number of rotatable bonds is 4. The van der Waals surface area contributed by atoms with Crippen LogP contribution in [0.15, 0.2) is 22.7 Å². The Morgan fingerprint density at radius 1 is 1.44 bits per heavy atom. The van der Waals surface area contributed by atoms with Crippen LogP contribution in [0, 0.1) is 6.92 Å². The summed E-state index contributed by atoms with van der Waals surface area (Å²) in [7, 11) is 0. The van der Waals surface area contributed by atoms with Crippen LogP contribution in [0.5, 0.6) is 0 Å². The lowest BCUT2D eigenvalue weighted by molar-refractivity contribution is 0.370. The third kappa shape index (κ3) is 2.71. The first-order chi connectivity index (χ1) is 8.61. The molecule has 1 aromatic carbocycles. The number of nitrogens with two attached hydrogens (primary N) is 1. The van der Waals surface area contributed by atoms with Gasteiger partial charge in [0.1, 0.15) is 0 Å². The Morgan fingerprint density at radius 3 is 2.89 bits per heavy atom. The van der Waals surface area contributed by atoms with Crippen LogP contribution in [0.3, 0.4) is 0 Å². The van der Waals surface area contributed by atoms with Gasteiger partial charge >= 0.3 is 0 Å². The lowest BCUT2D eigenvalue weighted by Crippen LogP contribution is -2.15. The van der Waals surface area contributed by atoms with E-state index in [1.54, 1.807) is 0 Å². The second-order valence-corrected chi connectivity index (χ2v) is 4.71. The van der Waals surface area contributed by atoms with Crippen molar-refractivity contribution < 1.29 is 4.52 Å². The number of hydrogen-bond donors (Lipinski definition) is 1. The number of aromatic nitrogens is 2. The van der Waals surface area contributed by atoms with Gasteiger partial charge in [0.2, 0.25) is 5.89 Å². The fourth-order valence-corrected chi connectivity index (χ4v) is 2.06. The topological polar surface area (TPSA) is 64.9 Å². The highest BCUT2D eigenvalue weighted by atomic mass is 35.5. The molecule has 96 valence electrons. The monoisotopic (exact) mass is 265 g/mol. The van der Waals surface area contributed by atoms with E-state index in [4.69, 9.17) is 21.9 Å². The predicted octanol–water partition coefficient (Wildman–Crippen LogP) is 3.03. The van der Waals surface area contributed by atoms with Crippen molar-refractivity contribution >= 4 is 11.6 Å². The molecule has 4 nitrogen and oxygen atoms in total. The summed E-state index contributed by atoms with van der Waals surface area (Å²) in [5.41, 5.74) is 8.13. The van der Waals surface area contributed by atoms with Gasteiger partial charge in [0.05, 0.1) is 6.04 Å². The summed E-state index contributed by atoms with van der Waals surface area (Å²) in [6, 6.07) is 5.22. The molecule has 2 N–H and O–H groups in total. The van der Waals surface area contributed by atoms with Crippen molar-refractivity contribution in [1.82, 2.24) is 10.1 Å². The first-order valence-electron chi connectivity index (χ1n) is 5.96. The Morgan fingerprint density at radius 2 is 2.22 bits per heavy atom. The Kier molecular flexibility index (Phi) is 3.99. The average molecular weight is 266 g/mol. The summed E-state index contributed by atoms with van der Waals surface area (Å²) >= 11 is 5.92. The Balaban J connectivity index is 2.26. The van der Waals surface area contributed by atoms with Crippen LogP contribution >= 0.6 is 11.6 Å². The second kappa shape index (κ2) is 5.50. The molecule has 0 amide bonds. The molecular formula is C13H16ClN3O. The van der Waals surface area contributed by atoms with Gasteiger partial charge in [0.15, 0.2) is 5.82 Å². The first-order valence-corrected chi connectivity index (χ1v) is 6.33. The quantitative estimate of drug-likeness (QED) is 0.923. The fraction of sp³-hybridized carbons (Fsp3) is 0.385. The van der Waals surface area contributed by atoms with Gasteiger partial charge in [-0.2, -0.15) is 4.98 Å². The van der Waals surface area contributed by atoms with Crippen LogP contribution in [0.1, 0.15) is 42.2 Å². The number of nitrogens with zero attached hydrogens (tertiary/aromatic N) is 2. The Labute approximate surface area is 111 Å². The third-order valence-corrected chi connectivity index (χ3v) is 3.03. The molecule has 1 unspecified atom stereocenters. The van der Waals surface area contributed by atoms with Gasteiger partial charge in [-0.15, -0.1) is 0 Å². The molecule has 0 bridgehead atoms. The summed E-state index contributed by atoms with van der Waals surface area (Å²) in [5.74, 6) is 1.15. The van der Waals surface area contributed by atoms with Crippen LogP contribution < -0.4 is 5.73 Å². The van der Waals surface area contributed by atoms with Crippen molar-refractivity contribution in [2.75, 3.05) is 0 Å². The van der Waals surface area contributed by atoms with Crippen LogP contribution in [0.4, 0.5) is 0 Å². The molecule has 0 saturated carbocycles. The van der Waals surface area contributed by atoms with E-state index in [0.29, 0.717) is 16.7 Å². The van der Waals surface area contributed by atoms with Gasteiger partial charge in [0, 0.05) is 11.4 Å². The fourth-order valence-electron chi connectivity index (χ4n) is 1.84. The minimum absolute atomic E-state index is 0.378. The molecule has 0 aliphatic rings. The summed E-state index contributed by atoms with van der Waals surface area (Å²) in [6.45, 7) is 4.03. The Hall–Kier alpha value is -1.39. The molecule has 1 aromatic heterocycles. The zero-order valence-electron chi connectivity index (χ0n) is 10.5. The number of hydrogen-bond acceptors (Lipinski definition) is 4. The van der Waals surface area contributed by atoms with Crippen LogP contribution in [0.25, 0.3) is 0 Å². The van der Waals surface area contributed by atoms with Crippen molar-refractivity contribution in [3.8, 4) is 0 Å². The van der Waals surface area contributed by atoms with Crippen molar-refractivity contribution in [2.45, 2.75) is 32.7 Å². The summed E-state index contributed by atoms with van der Waals surface area (Å²) in [6.07, 6.45) is 1.75. The van der Waals surface area contributed by atoms with E-state index < -0.39 is 0 Å². The Bertz CT molecular complexity index is 539. The van der Waals surface area contributed by atoms with E-state index in [2.05, 4.69) is 17.1 Å². The van der Waals surface area contributed by atoms with Gasteiger partial charge in [-0.3, -0.25) is 0 Å². The highest BCUT2D eigenvalue weighted by molar-refractivity contribution is 6.30. The molecule has 18 heavy (non-hydrogen) atoms. The van der Waals surface area contributed by atoms with Crippen LogP contribution in [0.2, 0.25) is 5.02 Å². The molecule has 0 aliphatic heterocycles. The summed E-state index contributed by atoms with van der Waals surface area (Å²) < 4.78 is 5.14. The zero-order valence-corrected chi connectivity index (χ0v) is 11.2.